The second-order valence-corrected chi connectivity index (χ2v) is 9.73. The molecule has 0 heterocycles. The van der Waals surface area contributed by atoms with Crippen molar-refractivity contribution in [1.82, 2.24) is 0 Å². The molecule has 0 aliphatic heterocycles. The molecular formula is C28H29ClO3. The number of hydrogen-bond acceptors (Lipinski definition) is 2. The van der Waals surface area contributed by atoms with Gasteiger partial charge in [0.1, 0.15) is 0 Å². The van der Waals surface area contributed by atoms with E-state index in [4.69, 9.17) is 16.3 Å². The van der Waals surface area contributed by atoms with Gasteiger partial charge in [-0.3, -0.25) is 0 Å². The van der Waals surface area contributed by atoms with E-state index < -0.39 is 17.7 Å². The van der Waals surface area contributed by atoms with Crippen LogP contribution >= 0.6 is 11.6 Å². The molecule has 0 aliphatic rings. The molecule has 3 nitrogen and oxygen atoms in total. The first-order valence-corrected chi connectivity index (χ1v) is 11.1. The van der Waals surface area contributed by atoms with Gasteiger partial charge >= 0.3 is 5.97 Å². The van der Waals surface area contributed by atoms with Crippen molar-refractivity contribution in [2.45, 2.75) is 53.2 Å². The van der Waals surface area contributed by atoms with Crippen molar-refractivity contribution in [3.63, 3.8) is 0 Å². The predicted octanol–water partition coefficient (Wildman–Crippen LogP) is 7.42. The quantitative estimate of drug-likeness (QED) is 0.422. The van der Waals surface area contributed by atoms with E-state index in [1.54, 1.807) is 0 Å². The van der Waals surface area contributed by atoms with E-state index in [1.807, 2.05) is 76.2 Å². The largest absolute Gasteiger partial charge is 0.479 e. The Morgan fingerprint density at radius 1 is 1.06 bits per heavy atom. The second-order valence-electron chi connectivity index (χ2n) is 9.30. The average molecular weight is 449 g/mol. The predicted molar refractivity (Wildman–Crippen MR) is 132 cm³/mol. The van der Waals surface area contributed by atoms with Crippen molar-refractivity contribution in [2.75, 3.05) is 0 Å². The topological polar surface area (TPSA) is 46.5 Å². The Bertz CT molecular complexity index is 1210. The number of aliphatic carboxylic acids is 1. The van der Waals surface area contributed by atoms with Gasteiger partial charge in [0.2, 0.25) is 0 Å². The Hall–Kier alpha value is -2.80. The Morgan fingerprint density at radius 2 is 1.72 bits per heavy atom. The van der Waals surface area contributed by atoms with Crippen molar-refractivity contribution in [3.05, 3.63) is 70.2 Å². The van der Waals surface area contributed by atoms with Gasteiger partial charge in [0, 0.05) is 22.1 Å². The van der Waals surface area contributed by atoms with Crippen LogP contribution in [0.2, 0.25) is 5.02 Å². The molecule has 4 heteroatoms. The van der Waals surface area contributed by atoms with Crippen molar-refractivity contribution in [3.8, 4) is 23.0 Å². The van der Waals surface area contributed by atoms with Crippen LogP contribution in [0.15, 0.2) is 48.5 Å². The number of halogens is 1. The van der Waals surface area contributed by atoms with E-state index in [1.165, 1.54) is 0 Å². The smallest absolute Gasteiger partial charge is 0.337 e. The molecule has 0 aliphatic carbocycles. The summed E-state index contributed by atoms with van der Waals surface area (Å²) in [5.74, 6) is 5.67. The summed E-state index contributed by atoms with van der Waals surface area (Å²) in [5, 5.41) is 12.7. The molecule has 1 unspecified atom stereocenters. The molecule has 1 N–H and O–H groups in total. The Labute approximate surface area is 195 Å². The van der Waals surface area contributed by atoms with Crippen molar-refractivity contribution in [1.29, 1.82) is 0 Å². The maximum absolute atomic E-state index is 12.4. The molecule has 0 spiro atoms. The molecule has 0 bridgehead atoms. The molecule has 0 radical (unpaired) electrons. The first-order valence-electron chi connectivity index (χ1n) is 10.7. The summed E-state index contributed by atoms with van der Waals surface area (Å²) in [6, 6.07) is 15.6. The lowest BCUT2D eigenvalue weighted by Gasteiger charge is -2.28. The number of rotatable bonds is 4. The highest BCUT2D eigenvalue weighted by Gasteiger charge is 2.31. The van der Waals surface area contributed by atoms with E-state index in [2.05, 4.69) is 25.7 Å². The van der Waals surface area contributed by atoms with Gasteiger partial charge in [-0.15, -0.1) is 0 Å². The standard InChI is InChI=1S/C28H29ClO3/c1-17(2)7-8-19-9-10-21-15-18(3)24(26(27(30)31)32-28(4,5)6)25(23(21)16-19)20-11-13-22(29)14-12-20/h9-17,26H,1-6H3,(H,30,31). The fourth-order valence-corrected chi connectivity index (χ4v) is 3.84. The van der Waals surface area contributed by atoms with Gasteiger partial charge in [-0.25, -0.2) is 4.79 Å². The molecule has 0 fully saturated rings. The lowest BCUT2D eigenvalue weighted by molar-refractivity contribution is -0.160. The van der Waals surface area contributed by atoms with Crippen LogP contribution in [0.1, 0.15) is 57.4 Å². The molecule has 1 atom stereocenters. The summed E-state index contributed by atoms with van der Waals surface area (Å²) >= 11 is 6.15. The Kier molecular flexibility index (Phi) is 6.98. The fraction of sp³-hybridized carbons (Fsp3) is 0.321. The highest BCUT2D eigenvalue weighted by molar-refractivity contribution is 6.30. The third kappa shape index (κ3) is 5.51. The van der Waals surface area contributed by atoms with Crippen LogP contribution in [0.25, 0.3) is 21.9 Å². The van der Waals surface area contributed by atoms with Crippen LogP contribution in [0, 0.1) is 24.7 Å². The van der Waals surface area contributed by atoms with Gasteiger partial charge in [-0.1, -0.05) is 61.6 Å². The summed E-state index contributed by atoms with van der Waals surface area (Å²) < 4.78 is 6.06. The van der Waals surface area contributed by atoms with Crippen molar-refractivity contribution in [2.24, 2.45) is 5.92 Å². The molecular weight excluding hydrogens is 420 g/mol. The summed E-state index contributed by atoms with van der Waals surface area (Å²) in [5.41, 5.74) is 3.49. The van der Waals surface area contributed by atoms with Crippen LogP contribution in [0.4, 0.5) is 0 Å². The van der Waals surface area contributed by atoms with Crippen LogP contribution in [-0.2, 0) is 9.53 Å². The minimum absolute atomic E-state index is 0.256. The number of carboxylic acid groups (broad SMARTS) is 1. The second kappa shape index (κ2) is 9.36. The molecule has 0 saturated heterocycles. The molecule has 3 aromatic rings. The zero-order chi connectivity index (χ0) is 23.6. The van der Waals surface area contributed by atoms with E-state index in [9.17, 15) is 9.90 Å². The highest BCUT2D eigenvalue weighted by Crippen LogP contribution is 2.41. The molecule has 0 amide bonds. The monoisotopic (exact) mass is 448 g/mol. The number of carboxylic acids is 1. The third-order valence-corrected chi connectivity index (χ3v) is 5.24. The average Bonchev–Trinajstić information content (AvgIpc) is 2.69. The normalized spacial score (nSPS) is 12.5. The number of hydrogen-bond donors (Lipinski definition) is 1. The summed E-state index contributed by atoms with van der Waals surface area (Å²) in [4.78, 5) is 12.4. The van der Waals surface area contributed by atoms with Gasteiger partial charge in [-0.05, 0) is 79.4 Å². The Balaban J connectivity index is 2.40. The molecule has 166 valence electrons. The van der Waals surface area contributed by atoms with Gasteiger partial charge in [0.05, 0.1) is 5.60 Å². The maximum atomic E-state index is 12.4. The number of carbonyl (C=O) groups is 1. The van der Waals surface area contributed by atoms with Gasteiger partial charge in [0.15, 0.2) is 6.10 Å². The number of fused-ring (bicyclic) bond motifs is 1. The molecule has 3 aromatic carbocycles. The minimum atomic E-state index is -1.12. The third-order valence-electron chi connectivity index (χ3n) is 4.98. The van der Waals surface area contributed by atoms with E-state index in [0.29, 0.717) is 10.6 Å². The molecule has 0 saturated carbocycles. The van der Waals surface area contributed by atoms with E-state index in [-0.39, 0.29) is 5.92 Å². The lowest BCUT2D eigenvalue weighted by atomic mass is 9.86. The van der Waals surface area contributed by atoms with Gasteiger partial charge in [-0.2, -0.15) is 0 Å². The summed E-state index contributed by atoms with van der Waals surface area (Å²) in [7, 11) is 0. The zero-order valence-electron chi connectivity index (χ0n) is 19.4. The fourth-order valence-electron chi connectivity index (χ4n) is 3.71. The van der Waals surface area contributed by atoms with Crippen LogP contribution < -0.4 is 0 Å². The first kappa shape index (κ1) is 23.9. The SMILES string of the molecule is Cc1cc2ccc(C#CC(C)C)cc2c(-c2ccc(Cl)cc2)c1C(OC(C)(C)C)C(=O)O. The van der Waals surface area contributed by atoms with Crippen LogP contribution in [0.3, 0.4) is 0 Å². The first-order chi connectivity index (χ1) is 15.0. The summed E-state index contributed by atoms with van der Waals surface area (Å²) in [6.45, 7) is 11.6. The summed E-state index contributed by atoms with van der Waals surface area (Å²) in [6.07, 6.45) is -1.12. The number of aryl methyl sites for hydroxylation is 1. The Morgan fingerprint density at radius 3 is 2.28 bits per heavy atom. The van der Waals surface area contributed by atoms with Crippen molar-refractivity contribution < 1.29 is 14.6 Å². The van der Waals surface area contributed by atoms with Crippen molar-refractivity contribution >= 4 is 28.3 Å². The lowest BCUT2D eigenvalue weighted by Crippen LogP contribution is -2.28. The molecule has 0 aromatic heterocycles. The van der Waals surface area contributed by atoms with Crippen LogP contribution in [-0.4, -0.2) is 16.7 Å². The van der Waals surface area contributed by atoms with Crippen LogP contribution in [0.5, 0.6) is 0 Å². The minimum Gasteiger partial charge on any atom is -0.479 e. The molecule has 32 heavy (non-hydrogen) atoms. The zero-order valence-corrected chi connectivity index (χ0v) is 20.2. The highest BCUT2D eigenvalue weighted by atomic mass is 35.5. The number of ether oxygens (including phenoxy) is 1. The number of benzene rings is 3. The van der Waals surface area contributed by atoms with E-state index >= 15 is 0 Å². The van der Waals surface area contributed by atoms with Gasteiger partial charge in [0.25, 0.3) is 0 Å². The van der Waals surface area contributed by atoms with E-state index in [0.717, 1.165) is 33.0 Å². The van der Waals surface area contributed by atoms with Gasteiger partial charge < -0.3 is 9.84 Å². The molecule has 3 rings (SSSR count). The maximum Gasteiger partial charge on any atom is 0.337 e.